The Bertz CT molecular complexity index is 1180. The van der Waals surface area contributed by atoms with Crippen LogP contribution in [0.1, 0.15) is 32.4 Å². The average molecular weight is 438 g/mol. The first-order valence-corrected chi connectivity index (χ1v) is 11.4. The SMILES string of the molecule is COCC(C)n1c(SC(C)C(=O)N2c3ccccc3CC2C)nc2ccccc2c1=O. The van der Waals surface area contributed by atoms with E-state index < -0.39 is 5.25 Å². The molecule has 3 unspecified atom stereocenters. The monoisotopic (exact) mass is 437 g/mol. The molecule has 4 rings (SSSR count). The van der Waals surface area contributed by atoms with Gasteiger partial charge in [-0.05, 0) is 51.0 Å². The number of fused-ring (bicyclic) bond motifs is 2. The van der Waals surface area contributed by atoms with E-state index in [0.29, 0.717) is 22.7 Å². The molecule has 0 saturated carbocycles. The molecular formula is C24H27N3O3S. The molecule has 0 spiro atoms. The minimum absolute atomic E-state index is 0.0239. The van der Waals surface area contributed by atoms with Crippen molar-refractivity contribution < 1.29 is 9.53 Å². The summed E-state index contributed by atoms with van der Waals surface area (Å²) in [5, 5.41) is 0.702. The molecule has 1 aromatic heterocycles. The molecule has 0 saturated heterocycles. The number of rotatable bonds is 6. The zero-order valence-electron chi connectivity index (χ0n) is 18.2. The topological polar surface area (TPSA) is 64.4 Å². The van der Waals surface area contributed by atoms with E-state index in [-0.39, 0.29) is 23.6 Å². The molecule has 1 aliphatic heterocycles. The van der Waals surface area contributed by atoms with Crippen molar-refractivity contribution in [3.8, 4) is 0 Å². The lowest BCUT2D eigenvalue weighted by molar-refractivity contribution is -0.118. The number of hydrogen-bond acceptors (Lipinski definition) is 5. The lowest BCUT2D eigenvalue weighted by atomic mass is 10.1. The molecule has 7 heteroatoms. The molecular weight excluding hydrogens is 410 g/mol. The van der Waals surface area contributed by atoms with Crippen molar-refractivity contribution in [2.24, 2.45) is 0 Å². The lowest BCUT2D eigenvalue weighted by Crippen LogP contribution is -2.40. The predicted octanol–water partition coefficient (Wildman–Crippen LogP) is 4.06. The van der Waals surface area contributed by atoms with E-state index in [1.807, 2.05) is 55.1 Å². The van der Waals surface area contributed by atoms with Crippen molar-refractivity contribution in [2.45, 2.75) is 49.7 Å². The van der Waals surface area contributed by atoms with Gasteiger partial charge in [0.15, 0.2) is 5.16 Å². The highest BCUT2D eigenvalue weighted by Crippen LogP contribution is 2.35. The van der Waals surface area contributed by atoms with Gasteiger partial charge in [0.25, 0.3) is 5.56 Å². The standard InChI is InChI=1S/C24H27N3O3S/c1-15-13-18-9-5-8-12-21(18)26(15)22(28)17(3)31-24-25-20-11-7-6-10-19(20)23(29)27(24)16(2)14-30-4/h5-12,15-17H,13-14H2,1-4H3. The van der Waals surface area contributed by atoms with Crippen LogP contribution >= 0.6 is 11.8 Å². The van der Waals surface area contributed by atoms with Gasteiger partial charge in [0, 0.05) is 18.8 Å². The fourth-order valence-electron chi connectivity index (χ4n) is 4.22. The third-order valence-electron chi connectivity index (χ3n) is 5.70. The van der Waals surface area contributed by atoms with Crippen LogP contribution in [-0.2, 0) is 16.0 Å². The molecule has 3 atom stereocenters. The van der Waals surface area contributed by atoms with Crippen LogP contribution in [-0.4, -0.2) is 40.5 Å². The van der Waals surface area contributed by atoms with Crippen LogP contribution in [0.4, 0.5) is 5.69 Å². The number of methoxy groups -OCH3 is 1. The molecule has 2 aromatic carbocycles. The largest absolute Gasteiger partial charge is 0.383 e. The number of amides is 1. The molecule has 6 nitrogen and oxygen atoms in total. The first kappa shape index (κ1) is 21.6. The summed E-state index contributed by atoms with van der Waals surface area (Å²) in [6, 6.07) is 15.3. The summed E-state index contributed by atoms with van der Waals surface area (Å²) in [5.74, 6) is 0.0239. The number of carbonyl (C=O) groups is 1. The van der Waals surface area contributed by atoms with E-state index >= 15 is 0 Å². The van der Waals surface area contributed by atoms with Gasteiger partial charge >= 0.3 is 0 Å². The van der Waals surface area contributed by atoms with Gasteiger partial charge in [0.1, 0.15) is 0 Å². The van der Waals surface area contributed by atoms with Gasteiger partial charge in [-0.3, -0.25) is 14.2 Å². The van der Waals surface area contributed by atoms with E-state index in [9.17, 15) is 9.59 Å². The Labute approximate surface area is 186 Å². The second-order valence-corrected chi connectivity index (χ2v) is 9.35. The number of ether oxygens (including phenoxy) is 1. The highest BCUT2D eigenvalue weighted by molar-refractivity contribution is 8.00. The van der Waals surface area contributed by atoms with E-state index in [1.54, 1.807) is 17.7 Å². The van der Waals surface area contributed by atoms with Crippen LogP contribution in [0.3, 0.4) is 0 Å². The molecule has 0 bridgehead atoms. The van der Waals surface area contributed by atoms with Crippen molar-refractivity contribution in [3.63, 3.8) is 0 Å². The fraction of sp³-hybridized carbons (Fsp3) is 0.375. The molecule has 0 aliphatic carbocycles. The van der Waals surface area contributed by atoms with Gasteiger partial charge in [0.2, 0.25) is 5.91 Å². The molecule has 162 valence electrons. The number of para-hydroxylation sites is 2. The second-order valence-electron chi connectivity index (χ2n) is 8.04. The number of aromatic nitrogens is 2. The molecule has 3 aromatic rings. The number of benzene rings is 2. The van der Waals surface area contributed by atoms with E-state index in [0.717, 1.165) is 12.1 Å². The van der Waals surface area contributed by atoms with Crippen molar-refractivity contribution >= 4 is 34.3 Å². The van der Waals surface area contributed by atoms with E-state index in [2.05, 4.69) is 13.0 Å². The van der Waals surface area contributed by atoms with Crippen LogP contribution in [0.2, 0.25) is 0 Å². The molecule has 1 aliphatic rings. The summed E-state index contributed by atoms with van der Waals surface area (Å²) >= 11 is 1.33. The Kier molecular flexibility index (Phi) is 6.16. The molecule has 31 heavy (non-hydrogen) atoms. The smallest absolute Gasteiger partial charge is 0.262 e. The minimum atomic E-state index is -0.400. The van der Waals surface area contributed by atoms with E-state index in [4.69, 9.17) is 9.72 Å². The maximum absolute atomic E-state index is 13.4. The summed E-state index contributed by atoms with van der Waals surface area (Å²) in [7, 11) is 1.61. The molecule has 1 amide bonds. The van der Waals surface area contributed by atoms with Crippen LogP contribution in [0.25, 0.3) is 10.9 Å². The quantitative estimate of drug-likeness (QED) is 0.430. The third-order valence-corrected chi connectivity index (χ3v) is 6.75. The van der Waals surface area contributed by atoms with Gasteiger partial charge in [-0.25, -0.2) is 4.98 Å². The van der Waals surface area contributed by atoms with Crippen LogP contribution in [0, 0.1) is 0 Å². The fourth-order valence-corrected chi connectivity index (χ4v) is 5.28. The summed E-state index contributed by atoms with van der Waals surface area (Å²) in [6.07, 6.45) is 0.850. The van der Waals surface area contributed by atoms with Gasteiger partial charge in [-0.15, -0.1) is 0 Å². The molecule has 0 fully saturated rings. The van der Waals surface area contributed by atoms with Gasteiger partial charge < -0.3 is 9.64 Å². The van der Waals surface area contributed by atoms with Gasteiger partial charge in [-0.2, -0.15) is 0 Å². The highest BCUT2D eigenvalue weighted by atomic mass is 32.2. The summed E-state index contributed by atoms with van der Waals surface area (Å²) in [4.78, 5) is 33.3. The normalized spacial score (nSPS) is 17.5. The minimum Gasteiger partial charge on any atom is -0.383 e. The maximum Gasteiger partial charge on any atom is 0.262 e. The summed E-state index contributed by atoms with van der Waals surface area (Å²) < 4.78 is 6.95. The van der Waals surface area contributed by atoms with Gasteiger partial charge in [-0.1, -0.05) is 42.1 Å². The summed E-state index contributed by atoms with van der Waals surface area (Å²) in [5.41, 5.74) is 2.69. The van der Waals surface area contributed by atoms with Crippen LogP contribution in [0.5, 0.6) is 0 Å². The Morgan fingerprint density at radius 3 is 2.68 bits per heavy atom. The van der Waals surface area contributed by atoms with Gasteiger partial charge in [0.05, 0.1) is 28.8 Å². The maximum atomic E-state index is 13.4. The number of carbonyl (C=O) groups excluding carboxylic acids is 1. The number of hydrogen-bond donors (Lipinski definition) is 0. The van der Waals surface area contributed by atoms with Crippen molar-refractivity contribution in [1.29, 1.82) is 0 Å². The Morgan fingerprint density at radius 1 is 1.19 bits per heavy atom. The first-order valence-electron chi connectivity index (χ1n) is 10.5. The Hall–Kier alpha value is -2.64. The lowest BCUT2D eigenvalue weighted by Gasteiger charge is -2.26. The van der Waals surface area contributed by atoms with E-state index in [1.165, 1.54) is 17.3 Å². The Balaban J connectivity index is 1.70. The summed E-state index contributed by atoms with van der Waals surface area (Å²) in [6.45, 7) is 6.26. The van der Waals surface area contributed by atoms with Crippen molar-refractivity contribution in [3.05, 3.63) is 64.4 Å². The number of thioether (sulfide) groups is 1. The zero-order chi connectivity index (χ0) is 22.1. The zero-order valence-corrected chi connectivity index (χ0v) is 19.1. The molecule has 2 heterocycles. The second kappa shape index (κ2) is 8.85. The molecule has 0 N–H and O–H groups in total. The molecule has 0 radical (unpaired) electrons. The third kappa shape index (κ3) is 4.00. The van der Waals surface area contributed by atoms with Crippen LogP contribution in [0.15, 0.2) is 58.5 Å². The number of anilines is 1. The van der Waals surface area contributed by atoms with Crippen LogP contribution < -0.4 is 10.5 Å². The van der Waals surface area contributed by atoms with Crippen molar-refractivity contribution in [2.75, 3.05) is 18.6 Å². The first-order chi connectivity index (χ1) is 14.9. The Morgan fingerprint density at radius 2 is 1.90 bits per heavy atom. The average Bonchev–Trinajstić information content (AvgIpc) is 3.09. The predicted molar refractivity (Wildman–Crippen MR) is 125 cm³/mol. The van der Waals surface area contributed by atoms with Crippen molar-refractivity contribution in [1.82, 2.24) is 9.55 Å². The highest BCUT2D eigenvalue weighted by Gasteiger charge is 2.34. The number of nitrogens with zero attached hydrogens (tertiary/aromatic N) is 3.